The summed E-state index contributed by atoms with van der Waals surface area (Å²) in [6.07, 6.45) is 2.45. The lowest BCUT2D eigenvalue weighted by atomic mass is 10.1. The summed E-state index contributed by atoms with van der Waals surface area (Å²) in [6.45, 7) is 1.88. The third kappa shape index (κ3) is 3.56. The molecule has 1 aliphatic rings. The maximum Gasteiger partial charge on any atom is 0.307 e. The van der Waals surface area contributed by atoms with Gasteiger partial charge in [-0.1, -0.05) is 30.3 Å². The third-order valence-corrected chi connectivity index (χ3v) is 3.21. The zero-order valence-corrected chi connectivity index (χ0v) is 10.1. The maximum absolute atomic E-state index is 11.7. The first kappa shape index (κ1) is 12.1. The van der Waals surface area contributed by atoms with Gasteiger partial charge in [-0.2, -0.15) is 0 Å². The van der Waals surface area contributed by atoms with Crippen LogP contribution in [-0.4, -0.2) is 12.0 Å². The van der Waals surface area contributed by atoms with Gasteiger partial charge in [0.25, 0.3) is 0 Å². The highest BCUT2D eigenvalue weighted by Crippen LogP contribution is 2.33. The van der Waals surface area contributed by atoms with Crippen LogP contribution in [0.4, 0.5) is 0 Å². The van der Waals surface area contributed by atoms with E-state index in [1.54, 1.807) is 0 Å². The Kier molecular flexibility index (Phi) is 3.79. The van der Waals surface area contributed by atoms with Gasteiger partial charge in [0.1, 0.15) is 6.10 Å². The number of esters is 1. The van der Waals surface area contributed by atoms with Crippen molar-refractivity contribution in [3.05, 3.63) is 35.9 Å². The molecule has 0 radical (unpaired) electrons. The van der Waals surface area contributed by atoms with Crippen molar-refractivity contribution in [1.29, 1.82) is 0 Å². The van der Waals surface area contributed by atoms with E-state index in [9.17, 15) is 4.79 Å². The lowest BCUT2D eigenvalue weighted by molar-refractivity contribution is -0.149. The fraction of sp³-hybridized carbons (Fsp3) is 0.500. The minimum absolute atomic E-state index is 0.0227. The number of hydrogen-bond acceptors (Lipinski definition) is 3. The lowest BCUT2D eigenvalue weighted by Crippen LogP contribution is -2.27. The molecule has 1 saturated carbocycles. The van der Waals surface area contributed by atoms with Crippen molar-refractivity contribution in [1.82, 2.24) is 0 Å². The van der Waals surface area contributed by atoms with E-state index in [0.29, 0.717) is 12.3 Å². The van der Waals surface area contributed by atoms with Gasteiger partial charge in [-0.3, -0.25) is 4.79 Å². The molecular formula is C14H19NO2. The van der Waals surface area contributed by atoms with Gasteiger partial charge in [0.2, 0.25) is 0 Å². The van der Waals surface area contributed by atoms with Crippen molar-refractivity contribution in [2.45, 2.75) is 38.3 Å². The quantitative estimate of drug-likeness (QED) is 0.795. The van der Waals surface area contributed by atoms with E-state index in [-0.39, 0.29) is 18.1 Å². The summed E-state index contributed by atoms with van der Waals surface area (Å²) >= 11 is 0. The molecular weight excluding hydrogens is 214 g/mol. The van der Waals surface area contributed by atoms with Crippen molar-refractivity contribution in [3.63, 3.8) is 0 Å². The normalized spacial score (nSPS) is 18.5. The highest BCUT2D eigenvalue weighted by molar-refractivity contribution is 5.70. The zero-order chi connectivity index (χ0) is 12.3. The predicted octanol–water partition coefficient (Wildman–Crippen LogP) is 2.42. The summed E-state index contributed by atoms with van der Waals surface area (Å²) in [4.78, 5) is 11.7. The highest BCUT2D eigenvalue weighted by Gasteiger charge is 2.30. The molecule has 0 aromatic heterocycles. The molecule has 0 bridgehead atoms. The van der Waals surface area contributed by atoms with Crippen LogP contribution < -0.4 is 5.73 Å². The van der Waals surface area contributed by atoms with E-state index in [1.807, 2.05) is 37.3 Å². The number of hydrogen-bond donors (Lipinski definition) is 1. The van der Waals surface area contributed by atoms with Crippen LogP contribution in [0.3, 0.4) is 0 Å². The van der Waals surface area contributed by atoms with Gasteiger partial charge < -0.3 is 10.5 Å². The topological polar surface area (TPSA) is 52.3 Å². The number of carbonyl (C=O) groups excluding carboxylic acids is 1. The van der Waals surface area contributed by atoms with Crippen LogP contribution in [0.1, 0.15) is 37.9 Å². The van der Waals surface area contributed by atoms with Crippen LogP contribution in [0.15, 0.2) is 30.3 Å². The average Bonchev–Trinajstić information content (AvgIpc) is 3.13. The highest BCUT2D eigenvalue weighted by atomic mass is 16.5. The summed E-state index contributed by atoms with van der Waals surface area (Å²) in [5, 5.41) is 0. The van der Waals surface area contributed by atoms with E-state index in [0.717, 1.165) is 18.4 Å². The molecule has 2 unspecified atom stereocenters. The molecule has 92 valence electrons. The Bertz CT molecular complexity index is 373. The van der Waals surface area contributed by atoms with Crippen molar-refractivity contribution in [2.75, 3.05) is 0 Å². The SMILES string of the molecule is CC(OC(=O)CC(N)C1CC1)c1ccccc1. The number of rotatable bonds is 5. The Balaban J connectivity index is 1.81. The first-order valence-corrected chi connectivity index (χ1v) is 6.17. The Labute approximate surface area is 102 Å². The van der Waals surface area contributed by atoms with Gasteiger partial charge in [0.05, 0.1) is 6.42 Å². The van der Waals surface area contributed by atoms with Gasteiger partial charge in [-0.05, 0) is 31.2 Å². The Morgan fingerprint density at radius 3 is 2.65 bits per heavy atom. The first-order valence-electron chi connectivity index (χ1n) is 6.17. The van der Waals surface area contributed by atoms with Gasteiger partial charge >= 0.3 is 5.97 Å². The molecule has 3 heteroatoms. The van der Waals surface area contributed by atoms with E-state index in [4.69, 9.17) is 10.5 Å². The van der Waals surface area contributed by atoms with Crippen LogP contribution >= 0.6 is 0 Å². The van der Waals surface area contributed by atoms with Gasteiger partial charge in [-0.15, -0.1) is 0 Å². The molecule has 0 amide bonds. The number of benzene rings is 1. The molecule has 17 heavy (non-hydrogen) atoms. The predicted molar refractivity (Wildman–Crippen MR) is 66.3 cm³/mol. The van der Waals surface area contributed by atoms with Gasteiger partial charge in [0.15, 0.2) is 0 Å². The molecule has 1 fully saturated rings. The van der Waals surface area contributed by atoms with Crippen molar-refractivity contribution >= 4 is 5.97 Å². The Hall–Kier alpha value is -1.35. The molecule has 1 aliphatic carbocycles. The molecule has 1 aromatic carbocycles. The molecule has 0 heterocycles. The molecule has 2 atom stereocenters. The van der Waals surface area contributed by atoms with Crippen LogP contribution in [0, 0.1) is 5.92 Å². The fourth-order valence-corrected chi connectivity index (χ4v) is 1.92. The van der Waals surface area contributed by atoms with Gasteiger partial charge in [0, 0.05) is 6.04 Å². The Morgan fingerprint density at radius 2 is 2.06 bits per heavy atom. The minimum Gasteiger partial charge on any atom is -0.458 e. The van der Waals surface area contributed by atoms with Crippen molar-refractivity contribution < 1.29 is 9.53 Å². The molecule has 1 aromatic rings. The molecule has 3 nitrogen and oxygen atoms in total. The van der Waals surface area contributed by atoms with Crippen LogP contribution in [-0.2, 0) is 9.53 Å². The molecule has 2 rings (SSSR count). The first-order chi connectivity index (χ1) is 8.16. The lowest BCUT2D eigenvalue weighted by Gasteiger charge is -2.15. The number of nitrogens with two attached hydrogens (primary N) is 1. The van der Waals surface area contributed by atoms with Gasteiger partial charge in [-0.25, -0.2) is 0 Å². The minimum atomic E-state index is -0.199. The van der Waals surface area contributed by atoms with Crippen LogP contribution in [0.5, 0.6) is 0 Å². The molecule has 0 aliphatic heterocycles. The molecule has 0 spiro atoms. The molecule has 2 N–H and O–H groups in total. The summed E-state index contributed by atoms with van der Waals surface area (Å²) < 4.78 is 5.37. The molecule has 0 saturated heterocycles. The third-order valence-electron chi connectivity index (χ3n) is 3.21. The number of ether oxygens (including phenoxy) is 1. The second-order valence-corrected chi connectivity index (χ2v) is 4.75. The maximum atomic E-state index is 11.7. The van der Waals surface area contributed by atoms with Crippen molar-refractivity contribution in [2.24, 2.45) is 11.7 Å². The van der Waals surface area contributed by atoms with Crippen molar-refractivity contribution in [3.8, 4) is 0 Å². The van der Waals surface area contributed by atoms with E-state index < -0.39 is 0 Å². The van der Waals surface area contributed by atoms with Crippen LogP contribution in [0.25, 0.3) is 0 Å². The monoisotopic (exact) mass is 233 g/mol. The number of carbonyl (C=O) groups is 1. The fourth-order valence-electron chi connectivity index (χ4n) is 1.92. The second kappa shape index (κ2) is 5.32. The standard InChI is InChI=1S/C14H19NO2/c1-10(11-5-3-2-4-6-11)17-14(16)9-13(15)12-7-8-12/h2-6,10,12-13H,7-9,15H2,1H3. The average molecular weight is 233 g/mol. The summed E-state index contributed by atoms with van der Waals surface area (Å²) in [7, 11) is 0. The summed E-state index contributed by atoms with van der Waals surface area (Å²) in [5.41, 5.74) is 6.91. The smallest absolute Gasteiger partial charge is 0.307 e. The van der Waals surface area contributed by atoms with E-state index in [1.165, 1.54) is 0 Å². The Morgan fingerprint density at radius 1 is 1.41 bits per heavy atom. The zero-order valence-electron chi connectivity index (χ0n) is 10.1. The summed E-state index contributed by atoms with van der Waals surface area (Å²) in [6, 6.07) is 9.72. The van der Waals surface area contributed by atoms with E-state index >= 15 is 0 Å². The largest absolute Gasteiger partial charge is 0.458 e. The second-order valence-electron chi connectivity index (χ2n) is 4.75. The van der Waals surface area contributed by atoms with E-state index in [2.05, 4.69) is 0 Å². The summed E-state index contributed by atoms with van der Waals surface area (Å²) in [5.74, 6) is 0.343. The van der Waals surface area contributed by atoms with Crippen LogP contribution in [0.2, 0.25) is 0 Å².